The molecule has 0 bridgehead atoms. The Morgan fingerprint density at radius 3 is 1.92 bits per heavy atom. The molecule has 0 fully saturated rings. The zero-order valence-corrected chi connectivity index (χ0v) is 15.9. The van der Waals surface area contributed by atoms with Gasteiger partial charge >= 0.3 is 0 Å². The van der Waals surface area contributed by atoms with Crippen molar-refractivity contribution in [3.8, 4) is 11.1 Å². The summed E-state index contributed by atoms with van der Waals surface area (Å²) in [4.78, 5) is 0. The normalized spacial score (nSPS) is 20.6. The Kier molecular flexibility index (Phi) is 3.17. The number of benzene rings is 3. The number of fused-ring (bicyclic) bond motifs is 4. The summed E-state index contributed by atoms with van der Waals surface area (Å²) in [6, 6.07) is 27.1. The summed E-state index contributed by atoms with van der Waals surface area (Å²) in [5.41, 5.74) is 8.81. The molecule has 0 amide bonds. The number of allylic oxidation sites excluding steroid dienone is 1. The van der Waals surface area contributed by atoms with Gasteiger partial charge in [0.1, 0.15) is 0 Å². The lowest BCUT2D eigenvalue weighted by Gasteiger charge is -2.40. The standard InChI is InChI=1S/C24H22Si/c1-25(2)24(16-15-17-9-3-8-14-22(17)24)23-20-12-6-4-10-18(20)19-11-5-7-13-21(19)23/h3-16,23,25H,1-2H3. The third kappa shape index (κ3) is 1.87. The van der Waals surface area contributed by atoms with Crippen molar-refractivity contribution in [1.82, 2.24) is 0 Å². The average Bonchev–Trinajstić information content (AvgIpc) is 3.19. The molecule has 0 nitrogen and oxygen atoms in total. The maximum absolute atomic E-state index is 2.54. The summed E-state index contributed by atoms with van der Waals surface area (Å²) < 4.78 is 0. The molecule has 1 heteroatoms. The first-order valence-corrected chi connectivity index (χ1v) is 12.1. The maximum Gasteiger partial charge on any atom is 0.0487 e. The van der Waals surface area contributed by atoms with E-state index < -0.39 is 8.80 Å². The smallest absolute Gasteiger partial charge is 0.0487 e. The van der Waals surface area contributed by atoms with Gasteiger partial charge in [-0.2, -0.15) is 0 Å². The number of rotatable bonds is 2. The van der Waals surface area contributed by atoms with Crippen molar-refractivity contribution in [2.45, 2.75) is 24.1 Å². The van der Waals surface area contributed by atoms with Gasteiger partial charge in [0.05, 0.1) is 0 Å². The van der Waals surface area contributed by atoms with Crippen LogP contribution in [0.15, 0.2) is 78.9 Å². The molecule has 0 saturated heterocycles. The van der Waals surface area contributed by atoms with Gasteiger partial charge in [0.15, 0.2) is 0 Å². The van der Waals surface area contributed by atoms with E-state index in [4.69, 9.17) is 0 Å². The first kappa shape index (κ1) is 14.9. The fraction of sp³-hybridized carbons (Fsp3) is 0.167. The first-order chi connectivity index (χ1) is 12.2. The van der Waals surface area contributed by atoms with Crippen LogP contribution in [0.1, 0.15) is 28.2 Å². The lowest BCUT2D eigenvalue weighted by atomic mass is 9.80. The summed E-state index contributed by atoms with van der Waals surface area (Å²) in [6.45, 7) is 5.02. The topological polar surface area (TPSA) is 0 Å². The van der Waals surface area contributed by atoms with Crippen LogP contribution in [-0.2, 0) is 5.04 Å². The molecular formula is C24H22Si. The minimum atomic E-state index is -1.05. The van der Waals surface area contributed by atoms with Crippen LogP contribution in [0.3, 0.4) is 0 Å². The van der Waals surface area contributed by atoms with Crippen LogP contribution in [0.5, 0.6) is 0 Å². The molecule has 0 saturated carbocycles. The summed E-state index contributed by atoms with van der Waals surface area (Å²) in [5, 5.41) is 0.152. The Morgan fingerprint density at radius 1 is 0.720 bits per heavy atom. The highest BCUT2D eigenvalue weighted by molar-refractivity contribution is 6.61. The van der Waals surface area contributed by atoms with Crippen LogP contribution in [0, 0.1) is 0 Å². The van der Waals surface area contributed by atoms with Crippen molar-refractivity contribution < 1.29 is 0 Å². The third-order valence-corrected chi connectivity index (χ3v) is 8.98. The van der Waals surface area contributed by atoms with Crippen LogP contribution in [-0.4, -0.2) is 8.80 Å². The molecule has 0 heterocycles. The molecule has 0 spiro atoms. The molecule has 3 aromatic carbocycles. The van der Waals surface area contributed by atoms with Gasteiger partial charge < -0.3 is 0 Å². The lowest BCUT2D eigenvalue weighted by molar-refractivity contribution is 0.649. The molecule has 2 aliphatic rings. The van der Waals surface area contributed by atoms with Crippen LogP contribution in [0.4, 0.5) is 0 Å². The van der Waals surface area contributed by atoms with E-state index in [1.165, 1.54) is 33.4 Å². The van der Waals surface area contributed by atoms with E-state index in [1.807, 2.05) is 0 Å². The van der Waals surface area contributed by atoms with Gasteiger partial charge in [0.2, 0.25) is 0 Å². The molecule has 122 valence electrons. The fourth-order valence-corrected chi connectivity index (χ4v) is 7.50. The molecule has 0 radical (unpaired) electrons. The van der Waals surface area contributed by atoms with Crippen LogP contribution < -0.4 is 0 Å². The minimum absolute atomic E-state index is 0.152. The van der Waals surface area contributed by atoms with E-state index in [0.717, 1.165) is 0 Å². The molecule has 0 aliphatic heterocycles. The van der Waals surface area contributed by atoms with Crippen LogP contribution in [0.25, 0.3) is 17.2 Å². The summed E-state index contributed by atoms with van der Waals surface area (Å²) in [6.07, 6.45) is 4.91. The molecule has 5 rings (SSSR count). The van der Waals surface area contributed by atoms with Gasteiger partial charge in [0.25, 0.3) is 0 Å². The highest BCUT2D eigenvalue weighted by Gasteiger charge is 2.49. The average molecular weight is 339 g/mol. The third-order valence-electron chi connectivity index (χ3n) is 6.23. The molecular weight excluding hydrogens is 316 g/mol. The molecule has 1 unspecified atom stereocenters. The first-order valence-electron chi connectivity index (χ1n) is 9.20. The van der Waals surface area contributed by atoms with Gasteiger partial charge in [-0.25, -0.2) is 0 Å². The molecule has 25 heavy (non-hydrogen) atoms. The van der Waals surface area contributed by atoms with Crippen molar-refractivity contribution >= 4 is 14.9 Å². The van der Waals surface area contributed by atoms with E-state index >= 15 is 0 Å². The van der Waals surface area contributed by atoms with E-state index in [9.17, 15) is 0 Å². The minimum Gasteiger partial charge on any atom is -0.0755 e. The summed E-state index contributed by atoms with van der Waals surface area (Å²) in [7, 11) is -1.05. The van der Waals surface area contributed by atoms with Crippen molar-refractivity contribution in [1.29, 1.82) is 0 Å². The predicted molar refractivity (Wildman–Crippen MR) is 110 cm³/mol. The van der Waals surface area contributed by atoms with Crippen molar-refractivity contribution in [2.24, 2.45) is 0 Å². The molecule has 0 N–H and O–H groups in total. The fourth-order valence-electron chi connectivity index (χ4n) is 5.11. The van der Waals surface area contributed by atoms with Gasteiger partial charge in [0, 0.05) is 19.8 Å². The second-order valence-electron chi connectivity index (χ2n) is 7.62. The van der Waals surface area contributed by atoms with Gasteiger partial charge in [-0.3, -0.25) is 0 Å². The summed E-state index contributed by atoms with van der Waals surface area (Å²) in [5.74, 6) is 0.437. The Bertz CT molecular complexity index is 953. The van der Waals surface area contributed by atoms with Gasteiger partial charge in [-0.05, 0) is 33.4 Å². The Balaban J connectivity index is 1.84. The quantitative estimate of drug-likeness (QED) is 0.519. The maximum atomic E-state index is 2.54. The molecule has 3 aromatic rings. The van der Waals surface area contributed by atoms with Crippen molar-refractivity contribution in [3.05, 3.63) is 101 Å². The van der Waals surface area contributed by atoms with E-state index in [-0.39, 0.29) is 5.04 Å². The Labute approximate surface area is 151 Å². The number of hydrogen-bond acceptors (Lipinski definition) is 0. The summed E-state index contributed by atoms with van der Waals surface area (Å²) >= 11 is 0. The molecule has 0 aromatic heterocycles. The highest BCUT2D eigenvalue weighted by atomic mass is 28.3. The van der Waals surface area contributed by atoms with E-state index in [0.29, 0.717) is 5.92 Å². The second kappa shape index (κ2) is 5.31. The van der Waals surface area contributed by atoms with E-state index in [1.54, 1.807) is 0 Å². The van der Waals surface area contributed by atoms with Crippen molar-refractivity contribution in [3.63, 3.8) is 0 Å². The Morgan fingerprint density at radius 2 is 1.28 bits per heavy atom. The highest BCUT2D eigenvalue weighted by Crippen LogP contribution is 2.57. The molecule has 2 aliphatic carbocycles. The van der Waals surface area contributed by atoms with Crippen LogP contribution >= 0.6 is 0 Å². The Hall–Kier alpha value is -2.38. The predicted octanol–water partition coefficient (Wildman–Crippen LogP) is 5.79. The van der Waals surface area contributed by atoms with E-state index in [2.05, 4.69) is 98.0 Å². The number of hydrogen-bond donors (Lipinski definition) is 0. The molecule has 1 atom stereocenters. The van der Waals surface area contributed by atoms with Crippen LogP contribution in [0.2, 0.25) is 13.1 Å². The zero-order valence-electron chi connectivity index (χ0n) is 14.7. The largest absolute Gasteiger partial charge is 0.0755 e. The van der Waals surface area contributed by atoms with Crippen molar-refractivity contribution in [2.75, 3.05) is 0 Å². The van der Waals surface area contributed by atoms with Gasteiger partial charge in [-0.15, -0.1) is 0 Å². The monoisotopic (exact) mass is 338 g/mol. The lowest BCUT2D eigenvalue weighted by Crippen LogP contribution is -2.42. The second-order valence-corrected chi connectivity index (χ2v) is 10.9. The van der Waals surface area contributed by atoms with Gasteiger partial charge in [-0.1, -0.05) is 98.0 Å². The SMILES string of the molecule is C[SiH](C)C1(C2c3ccccc3-c3ccccc32)C=Cc2ccccc21. The zero-order chi connectivity index (χ0) is 17.0.